The second-order valence-electron chi connectivity index (χ2n) is 5.65. The maximum absolute atomic E-state index is 12.5. The molecule has 27 heavy (non-hydrogen) atoms. The molecule has 0 unspecified atom stereocenters. The molecule has 0 spiro atoms. The number of para-hydroxylation sites is 1. The van der Waals surface area contributed by atoms with E-state index in [1.807, 2.05) is 18.2 Å². The quantitative estimate of drug-likeness (QED) is 0.650. The zero-order valence-corrected chi connectivity index (χ0v) is 15.5. The van der Waals surface area contributed by atoms with E-state index < -0.39 is 18.0 Å². The van der Waals surface area contributed by atoms with Crippen LogP contribution in [0.5, 0.6) is 0 Å². The van der Waals surface area contributed by atoms with E-state index in [9.17, 15) is 9.59 Å². The van der Waals surface area contributed by atoms with Gasteiger partial charge in [-0.1, -0.05) is 18.2 Å². The van der Waals surface area contributed by atoms with Crippen LogP contribution < -0.4 is 5.32 Å². The molecular formula is C19H16N2O5S. The summed E-state index contributed by atoms with van der Waals surface area (Å²) in [5.41, 5.74) is 1.45. The summed E-state index contributed by atoms with van der Waals surface area (Å²) in [5.74, 6) is -1.29. The molecule has 0 aliphatic carbocycles. The Balaban J connectivity index is 1.76. The zero-order valence-electron chi connectivity index (χ0n) is 14.6. The summed E-state index contributed by atoms with van der Waals surface area (Å²) in [6.07, 6.45) is -1.07. The number of hydrogen-bond acceptors (Lipinski definition) is 7. The number of nitriles is 1. The highest BCUT2D eigenvalue weighted by atomic mass is 32.1. The van der Waals surface area contributed by atoms with E-state index in [0.29, 0.717) is 21.7 Å². The van der Waals surface area contributed by atoms with Gasteiger partial charge in [-0.2, -0.15) is 5.26 Å². The monoisotopic (exact) mass is 384 g/mol. The molecule has 0 aliphatic heterocycles. The van der Waals surface area contributed by atoms with Crippen molar-refractivity contribution in [3.63, 3.8) is 0 Å². The summed E-state index contributed by atoms with van der Waals surface area (Å²) >= 11 is 1.22. The van der Waals surface area contributed by atoms with Crippen molar-refractivity contribution in [2.45, 2.75) is 19.6 Å². The normalized spacial score (nSPS) is 11.7. The van der Waals surface area contributed by atoms with Gasteiger partial charge in [-0.25, -0.2) is 4.79 Å². The molecular weight excluding hydrogens is 368 g/mol. The summed E-state index contributed by atoms with van der Waals surface area (Å²) in [7, 11) is 1.51. The molecule has 1 atom stereocenters. The van der Waals surface area contributed by atoms with Gasteiger partial charge in [0.1, 0.15) is 16.7 Å². The lowest BCUT2D eigenvalue weighted by Gasteiger charge is -2.12. The number of fused-ring (bicyclic) bond motifs is 1. The number of carbonyl (C=O) groups excluding carboxylic acids is 2. The molecule has 1 N–H and O–H groups in total. The fourth-order valence-electron chi connectivity index (χ4n) is 2.53. The van der Waals surface area contributed by atoms with Gasteiger partial charge in [-0.3, -0.25) is 4.79 Å². The van der Waals surface area contributed by atoms with E-state index in [4.69, 9.17) is 19.2 Å². The SMILES string of the molecule is COCc1c(C(=O)O[C@H](C)C(=O)Nc2sccc2C#N)oc2ccccc12. The van der Waals surface area contributed by atoms with Crippen LogP contribution in [-0.4, -0.2) is 25.1 Å². The highest BCUT2D eigenvalue weighted by Crippen LogP contribution is 2.28. The molecule has 0 saturated carbocycles. The molecule has 7 nitrogen and oxygen atoms in total. The number of nitrogens with zero attached hydrogens (tertiary/aromatic N) is 1. The second-order valence-corrected chi connectivity index (χ2v) is 6.57. The van der Waals surface area contributed by atoms with Crippen LogP contribution in [0.25, 0.3) is 11.0 Å². The van der Waals surface area contributed by atoms with Crippen molar-refractivity contribution in [3.05, 3.63) is 52.6 Å². The summed E-state index contributed by atoms with van der Waals surface area (Å²) in [6, 6.07) is 10.8. The van der Waals surface area contributed by atoms with E-state index in [1.54, 1.807) is 23.6 Å². The van der Waals surface area contributed by atoms with E-state index in [1.165, 1.54) is 25.4 Å². The standard InChI is InChI=1S/C19H16N2O5S/c1-11(17(22)21-18-12(9-20)7-8-27-18)25-19(23)16-14(10-24-2)13-5-3-4-6-15(13)26-16/h3-8,11H,10H2,1-2H3,(H,21,22)/t11-/m1/s1. The molecule has 2 aromatic heterocycles. The lowest BCUT2D eigenvalue weighted by molar-refractivity contribution is -0.123. The van der Waals surface area contributed by atoms with Crippen LogP contribution >= 0.6 is 11.3 Å². The van der Waals surface area contributed by atoms with Crippen LogP contribution in [-0.2, 0) is 20.9 Å². The number of thiophene rings is 1. The minimum absolute atomic E-state index is 0.00605. The Morgan fingerprint density at radius 3 is 2.85 bits per heavy atom. The number of rotatable bonds is 6. The van der Waals surface area contributed by atoms with Gasteiger partial charge < -0.3 is 19.2 Å². The number of hydrogen-bond donors (Lipinski definition) is 1. The molecule has 1 amide bonds. The van der Waals surface area contributed by atoms with Crippen molar-refractivity contribution < 1.29 is 23.5 Å². The molecule has 1 aromatic carbocycles. The number of ether oxygens (including phenoxy) is 2. The Bertz CT molecular complexity index is 1030. The first-order chi connectivity index (χ1) is 13.0. The van der Waals surface area contributed by atoms with Gasteiger partial charge in [0.15, 0.2) is 6.10 Å². The Morgan fingerprint density at radius 1 is 1.33 bits per heavy atom. The molecule has 2 heterocycles. The lowest BCUT2D eigenvalue weighted by Crippen LogP contribution is -2.30. The fraction of sp³-hybridized carbons (Fsp3) is 0.211. The number of methoxy groups -OCH3 is 1. The highest BCUT2D eigenvalue weighted by molar-refractivity contribution is 7.14. The van der Waals surface area contributed by atoms with Crippen molar-refractivity contribution >= 4 is 39.2 Å². The van der Waals surface area contributed by atoms with Gasteiger partial charge in [0.25, 0.3) is 5.91 Å². The predicted octanol–water partition coefficient (Wildman–Crippen LogP) is 3.70. The minimum atomic E-state index is -1.07. The fourth-order valence-corrected chi connectivity index (χ4v) is 3.27. The first-order valence-electron chi connectivity index (χ1n) is 8.04. The number of nitrogens with one attached hydrogen (secondary N) is 1. The first kappa shape index (κ1) is 18.6. The number of anilines is 1. The van der Waals surface area contributed by atoms with Crippen LogP contribution in [0.15, 0.2) is 40.1 Å². The molecule has 0 fully saturated rings. The van der Waals surface area contributed by atoms with Crippen LogP contribution in [0.1, 0.15) is 28.6 Å². The Kier molecular flexibility index (Phi) is 5.54. The van der Waals surface area contributed by atoms with Crippen LogP contribution in [0, 0.1) is 11.3 Å². The number of benzene rings is 1. The van der Waals surface area contributed by atoms with Gasteiger partial charge >= 0.3 is 5.97 Å². The van der Waals surface area contributed by atoms with E-state index in [2.05, 4.69) is 5.32 Å². The molecule has 0 aliphatic rings. The molecule has 0 saturated heterocycles. The average molecular weight is 384 g/mol. The number of amides is 1. The van der Waals surface area contributed by atoms with Crippen molar-refractivity contribution in [1.82, 2.24) is 0 Å². The maximum Gasteiger partial charge on any atom is 0.375 e. The van der Waals surface area contributed by atoms with Gasteiger partial charge in [0.05, 0.1) is 12.2 Å². The van der Waals surface area contributed by atoms with Gasteiger partial charge in [-0.15, -0.1) is 11.3 Å². The minimum Gasteiger partial charge on any atom is -0.449 e. The van der Waals surface area contributed by atoms with Crippen molar-refractivity contribution in [2.24, 2.45) is 0 Å². The Morgan fingerprint density at radius 2 is 2.11 bits per heavy atom. The van der Waals surface area contributed by atoms with E-state index in [0.717, 1.165) is 5.39 Å². The topological polar surface area (TPSA) is 102 Å². The molecule has 0 radical (unpaired) electrons. The summed E-state index contributed by atoms with van der Waals surface area (Å²) in [5, 5.41) is 14.4. The third kappa shape index (κ3) is 3.84. The van der Waals surface area contributed by atoms with Gasteiger partial charge in [0, 0.05) is 18.1 Å². The van der Waals surface area contributed by atoms with Crippen molar-refractivity contribution in [2.75, 3.05) is 12.4 Å². The molecule has 3 rings (SSSR count). The Labute approximate surface area is 159 Å². The Hall–Kier alpha value is -3.15. The molecule has 8 heteroatoms. The van der Waals surface area contributed by atoms with Crippen molar-refractivity contribution in [1.29, 1.82) is 5.26 Å². The van der Waals surface area contributed by atoms with Gasteiger partial charge in [0.2, 0.25) is 5.76 Å². The summed E-state index contributed by atoms with van der Waals surface area (Å²) in [4.78, 5) is 24.8. The number of esters is 1. The summed E-state index contributed by atoms with van der Waals surface area (Å²) < 4.78 is 16.0. The molecule has 0 bridgehead atoms. The van der Waals surface area contributed by atoms with Crippen LogP contribution in [0.4, 0.5) is 5.00 Å². The predicted molar refractivity (Wildman–Crippen MR) is 99.5 cm³/mol. The maximum atomic E-state index is 12.5. The lowest BCUT2D eigenvalue weighted by atomic mass is 10.1. The van der Waals surface area contributed by atoms with E-state index >= 15 is 0 Å². The zero-order chi connectivity index (χ0) is 19.4. The van der Waals surface area contributed by atoms with Crippen molar-refractivity contribution in [3.8, 4) is 6.07 Å². The number of carbonyl (C=O) groups is 2. The van der Waals surface area contributed by atoms with E-state index in [-0.39, 0.29) is 12.4 Å². The smallest absolute Gasteiger partial charge is 0.375 e. The second kappa shape index (κ2) is 8.03. The largest absolute Gasteiger partial charge is 0.449 e. The first-order valence-corrected chi connectivity index (χ1v) is 8.92. The third-order valence-electron chi connectivity index (χ3n) is 3.85. The molecule has 3 aromatic rings. The van der Waals surface area contributed by atoms with Crippen LogP contribution in [0.2, 0.25) is 0 Å². The summed E-state index contributed by atoms with van der Waals surface area (Å²) in [6.45, 7) is 1.62. The highest BCUT2D eigenvalue weighted by Gasteiger charge is 2.26. The average Bonchev–Trinajstić information content (AvgIpc) is 3.26. The third-order valence-corrected chi connectivity index (χ3v) is 4.68. The molecule has 138 valence electrons. The van der Waals surface area contributed by atoms with Crippen LogP contribution in [0.3, 0.4) is 0 Å². The van der Waals surface area contributed by atoms with Gasteiger partial charge in [-0.05, 0) is 24.4 Å². The number of furan rings is 1.